The molecular weight excluding hydrogens is 302 g/mol. The van der Waals surface area contributed by atoms with E-state index in [1.807, 2.05) is 19.1 Å². The van der Waals surface area contributed by atoms with Crippen LogP contribution < -0.4 is 10.1 Å². The van der Waals surface area contributed by atoms with Crippen molar-refractivity contribution >= 4 is 15.7 Å². The van der Waals surface area contributed by atoms with Crippen LogP contribution in [0.2, 0.25) is 0 Å². The number of carbonyl (C=O) groups is 1. The molecule has 2 aliphatic rings. The molecule has 5 nitrogen and oxygen atoms in total. The van der Waals surface area contributed by atoms with Crippen LogP contribution in [0.1, 0.15) is 49.0 Å². The molecule has 1 aromatic rings. The number of nitrogens with one attached hydrogen (secondary N) is 1. The molecule has 1 N–H and O–H groups in total. The van der Waals surface area contributed by atoms with Gasteiger partial charge in [0.25, 0.3) is 5.91 Å². The summed E-state index contributed by atoms with van der Waals surface area (Å²) in [7, 11) is -3.06. The van der Waals surface area contributed by atoms with E-state index in [1.165, 1.54) is 0 Å². The largest absolute Gasteiger partial charge is 0.489 e. The van der Waals surface area contributed by atoms with Gasteiger partial charge >= 0.3 is 0 Å². The lowest BCUT2D eigenvalue weighted by Crippen LogP contribution is -2.47. The molecule has 2 aliphatic heterocycles. The first-order valence-corrected chi connectivity index (χ1v) is 9.35. The highest BCUT2D eigenvalue weighted by Crippen LogP contribution is 2.40. The summed E-state index contributed by atoms with van der Waals surface area (Å²) in [6, 6.07) is 5.55. The molecule has 1 fully saturated rings. The lowest BCUT2D eigenvalue weighted by Gasteiger charge is -2.24. The predicted octanol–water partition coefficient (Wildman–Crippen LogP) is 1.88. The smallest absolute Gasteiger partial charge is 0.255 e. The number of hydrogen-bond acceptors (Lipinski definition) is 4. The first kappa shape index (κ1) is 15.3. The maximum Gasteiger partial charge on any atom is 0.255 e. The van der Waals surface area contributed by atoms with E-state index in [1.54, 1.807) is 13.0 Å². The van der Waals surface area contributed by atoms with Gasteiger partial charge < -0.3 is 10.1 Å². The van der Waals surface area contributed by atoms with E-state index in [-0.39, 0.29) is 29.4 Å². The van der Waals surface area contributed by atoms with E-state index < -0.39 is 15.4 Å². The zero-order chi connectivity index (χ0) is 16.1. The molecule has 0 saturated carbocycles. The molecule has 0 radical (unpaired) electrons. The molecule has 2 heterocycles. The van der Waals surface area contributed by atoms with Crippen LogP contribution in [-0.2, 0) is 9.84 Å². The average molecular weight is 323 g/mol. The van der Waals surface area contributed by atoms with Crippen molar-refractivity contribution in [2.45, 2.75) is 44.8 Å². The van der Waals surface area contributed by atoms with Crippen molar-refractivity contribution in [3.8, 4) is 5.75 Å². The Balaban J connectivity index is 1.86. The van der Waals surface area contributed by atoms with E-state index in [2.05, 4.69) is 12.2 Å². The van der Waals surface area contributed by atoms with Gasteiger partial charge in [0.2, 0.25) is 0 Å². The predicted molar refractivity (Wildman–Crippen MR) is 84.1 cm³/mol. The van der Waals surface area contributed by atoms with Crippen LogP contribution in [0.5, 0.6) is 5.75 Å². The van der Waals surface area contributed by atoms with Crippen LogP contribution in [0.25, 0.3) is 0 Å². The van der Waals surface area contributed by atoms with Gasteiger partial charge in [0.15, 0.2) is 9.84 Å². The van der Waals surface area contributed by atoms with Crippen molar-refractivity contribution in [2.24, 2.45) is 0 Å². The number of carbonyl (C=O) groups excluding carboxylic acids is 1. The molecule has 22 heavy (non-hydrogen) atoms. The standard InChI is InChI=1S/C16H21NO4S/c1-10-11(2)21-14-12(10)5-4-6-13(14)15(18)17-16(3)7-8-22(19,20)9-16/h4-6,10-11H,7-9H2,1-3H3,(H,17,18)/t10-,11+,16-/m1/s1. The minimum absolute atomic E-state index is 0.00553. The van der Waals surface area contributed by atoms with Gasteiger partial charge in [-0.3, -0.25) is 4.79 Å². The fourth-order valence-electron chi connectivity index (χ4n) is 3.22. The molecule has 0 unspecified atom stereocenters. The van der Waals surface area contributed by atoms with E-state index in [0.717, 1.165) is 5.56 Å². The second-order valence-corrected chi connectivity index (χ2v) is 8.88. The lowest BCUT2D eigenvalue weighted by atomic mass is 9.96. The normalized spacial score (nSPS) is 32.3. The molecule has 1 saturated heterocycles. The summed E-state index contributed by atoms with van der Waals surface area (Å²) in [6.45, 7) is 5.84. The molecule has 1 amide bonds. The zero-order valence-corrected chi connectivity index (χ0v) is 13.9. The molecule has 120 valence electrons. The van der Waals surface area contributed by atoms with E-state index in [9.17, 15) is 13.2 Å². The van der Waals surface area contributed by atoms with E-state index in [0.29, 0.717) is 17.7 Å². The number of hydrogen-bond donors (Lipinski definition) is 1. The topological polar surface area (TPSA) is 72.5 Å². The maximum atomic E-state index is 12.6. The van der Waals surface area contributed by atoms with Crippen molar-refractivity contribution < 1.29 is 17.9 Å². The molecule has 3 atom stereocenters. The van der Waals surface area contributed by atoms with Crippen molar-refractivity contribution in [2.75, 3.05) is 11.5 Å². The summed E-state index contributed by atoms with van der Waals surface area (Å²) in [5.74, 6) is 0.725. The number of fused-ring (bicyclic) bond motifs is 1. The van der Waals surface area contributed by atoms with Crippen molar-refractivity contribution in [3.63, 3.8) is 0 Å². The highest BCUT2D eigenvalue weighted by molar-refractivity contribution is 7.91. The molecule has 0 aromatic heterocycles. The summed E-state index contributed by atoms with van der Waals surface area (Å²) in [5.41, 5.74) is 0.817. The van der Waals surface area contributed by atoms with Gasteiger partial charge in [0.05, 0.1) is 22.6 Å². The Hall–Kier alpha value is -1.56. The molecular formula is C16H21NO4S. The van der Waals surface area contributed by atoms with Crippen molar-refractivity contribution in [1.82, 2.24) is 5.32 Å². The number of sulfone groups is 1. The lowest BCUT2D eigenvalue weighted by molar-refractivity contribution is 0.0910. The first-order valence-electron chi connectivity index (χ1n) is 7.53. The third-order valence-electron chi connectivity index (χ3n) is 4.71. The van der Waals surface area contributed by atoms with Gasteiger partial charge in [-0.1, -0.05) is 19.1 Å². The highest BCUT2D eigenvalue weighted by atomic mass is 32.2. The molecule has 6 heteroatoms. The van der Waals surface area contributed by atoms with Crippen LogP contribution in [-0.4, -0.2) is 37.5 Å². The Kier molecular flexibility index (Phi) is 3.47. The Labute approximate surface area is 131 Å². The Morgan fingerprint density at radius 3 is 2.73 bits per heavy atom. The summed E-state index contributed by atoms with van der Waals surface area (Å²) in [6.07, 6.45) is 0.482. The van der Waals surface area contributed by atoms with Crippen LogP contribution in [0.4, 0.5) is 0 Å². The number of amides is 1. The second-order valence-electron chi connectivity index (χ2n) is 6.69. The van der Waals surface area contributed by atoms with Crippen LogP contribution in [0, 0.1) is 0 Å². The maximum absolute atomic E-state index is 12.6. The van der Waals surface area contributed by atoms with E-state index in [4.69, 9.17) is 4.74 Å². The first-order chi connectivity index (χ1) is 10.2. The summed E-state index contributed by atoms with van der Waals surface area (Å²) in [4.78, 5) is 12.6. The molecule has 1 aromatic carbocycles. The van der Waals surface area contributed by atoms with Crippen molar-refractivity contribution in [1.29, 1.82) is 0 Å². The minimum atomic E-state index is -3.06. The Bertz CT molecular complexity index is 728. The minimum Gasteiger partial charge on any atom is -0.489 e. The highest BCUT2D eigenvalue weighted by Gasteiger charge is 2.40. The number of rotatable bonds is 2. The number of para-hydroxylation sites is 1. The fraction of sp³-hybridized carbons (Fsp3) is 0.562. The van der Waals surface area contributed by atoms with E-state index >= 15 is 0 Å². The quantitative estimate of drug-likeness (QED) is 0.902. The molecule has 0 aliphatic carbocycles. The van der Waals surface area contributed by atoms with Crippen LogP contribution in [0.15, 0.2) is 18.2 Å². The third-order valence-corrected chi connectivity index (χ3v) is 6.61. The van der Waals surface area contributed by atoms with Crippen LogP contribution in [0.3, 0.4) is 0 Å². The van der Waals surface area contributed by atoms with Gasteiger partial charge in [-0.2, -0.15) is 0 Å². The van der Waals surface area contributed by atoms with Crippen LogP contribution >= 0.6 is 0 Å². The molecule has 3 rings (SSSR count). The fourth-order valence-corrected chi connectivity index (χ4v) is 5.31. The van der Waals surface area contributed by atoms with Crippen molar-refractivity contribution in [3.05, 3.63) is 29.3 Å². The summed E-state index contributed by atoms with van der Waals surface area (Å²) >= 11 is 0. The van der Waals surface area contributed by atoms with Gasteiger partial charge in [0, 0.05) is 11.5 Å². The van der Waals surface area contributed by atoms with Gasteiger partial charge in [-0.25, -0.2) is 8.42 Å². The average Bonchev–Trinajstić information content (AvgIpc) is 2.86. The monoisotopic (exact) mass is 323 g/mol. The molecule has 0 spiro atoms. The zero-order valence-electron chi connectivity index (χ0n) is 13.0. The van der Waals surface area contributed by atoms with Gasteiger partial charge in [-0.05, 0) is 26.3 Å². The SMILES string of the molecule is C[C@@H]1Oc2c(C(=O)N[C@]3(C)CCS(=O)(=O)C3)cccc2[C@@H]1C. The molecule has 0 bridgehead atoms. The second kappa shape index (κ2) is 4.98. The number of ether oxygens (including phenoxy) is 1. The Morgan fingerprint density at radius 2 is 2.09 bits per heavy atom. The summed E-state index contributed by atoms with van der Waals surface area (Å²) < 4.78 is 29.2. The Morgan fingerprint density at radius 1 is 1.36 bits per heavy atom. The van der Waals surface area contributed by atoms with Gasteiger partial charge in [0.1, 0.15) is 11.9 Å². The number of benzene rings is 1. The summed E-state index contributed by atoms with van der Waals surface area (Å²) in [5, 5.41) is 2.89. The van der Waals surface area contributed by atoms with Gasteiger partial charge in [-0.15, -0.1) is 0 Å². The third kappa shape index (κ3) is 2.60.